The smallest absolute Gasteiger partial charge is 0.247 e. The molecular formula is C10H13NO. The molecule has 0 saturated carbocycles. The second kappa shape index (κ2) is 6.23. The molecule has 0 heterocycles. The Morgan fingerprint density at radius 2 is 2.25 bits per heavy atom. The van der Waals surface area contributed by atoms with Gasteiger partial charge in [-0.3, -0.25) is 4.79 Å². The molecule has 12 heavy (non-hydrogen) atoms. The first kappa shape index (κ1) is 10.5. The summed E-state index contributed by atoms with van der Waals surface area (Å²) in [5.41, 5.74) is 0. The van der Waals surface area contributed by atoms with Gasteiger partial charge in [-0.1, -0.05) is 24.1 Å². The van der Waals surface area contributed by atoms with Crippen molar-refractivity contribution in [1.29, 1.82) is 0 Å². The number of allylic oxidation sites excluding steroid dienone is 3. The third kappa shape index (κ3) is 4.35. The predicted octanol–water partition coefficient (Wildman–Crippen LogP) is 1.21. The molecule has 0 spiro atoms. The fraction of sp³-hybridized carbons (Fsp3) is 0.300. The van der Waals surface area contributed by atoms with Gasteiger partial charge in [0.05, 0.1) is 6.54 Å². The molecule has 0 bridgehead atoms. The zero-order chi connectivity index (χ0) is 9.40. The van der Waals surface area contributed by atoms with Crippen molar-refractivity contribution >= 4 is 5.91 Å². The van der Waals surface area contributed by atoms with Crippen LogP contribution in [0, 0.1) is 12.3 Å². The Kier molecular flexibility index (Phi) is 5.46. The second-order valence-electron chi connectivity index (χ2n) is 2.28. The van der Waals surface area contributed by atoms with E-state index in [1.807, 2.05) is 13.0 Å². The lowest BCUT2D eigenvalue weighted by molar-refractivity contribution is -0.124. The van der Waals surface area contributed by atoms with Crippen molar-refractivity contribution in [2.45, 2.75) is 6.92 Å². The van der Waals surface area contributed by atoms with Crippen LogP contribution in [-0.2, 0) is 4.79 Å². The first-order valence-corrected chi connectivity index (χ1v) is 3.70. The Balaban J connectivity index is 3.96. The van der Waals surface area contributed by atoms with Gasteiger partial charge in [0.25, 0.3) is 0 Å². The van der Waals surface area contributed by atoms with Crippen LogP contribution in [0.3, 0.4) is 0 Å². The Bertz CT molecular complexity index is 233. The maximum Gasteiger partial charge on any atom is 0.247 e. The average Bonchev–Trinajstić information content (AvgIpc) is 2.05. The molecule has 0 atom stereocenters. The Hall–Kier alpha value is -1.49. The molecule has 0 aliphatic carbocycles. The number of nitrogens with zero attached hydrogens (tertiary/aromatic N) is 1. The number of rotatable bonds is 3. The van der Waals surface area contributed by atoms with Crippen molar-refractivity contribution in [3.8, 4) is 12.3 Å². The van der Waals surface area contributed by atoms with Gasteiger partial charge in [0.1, 0.15) is 0 Å². The van der Waals surface area contributed by atoms with Crippen molar-refractivity contribution < 1.29 is 4.79 Å². The van der Waals surface area contributed by atoms with Crippen LogP contribution >= 0.6 is 0 Å². The molecule has 0 aromatic rings. The summed E-state index contributed by atoms with van der Waals surface area (Å²) in [7, 11) is 1.67. The summed E-state index contributed by atoms with van der Waals surface area (Å²) >= 11 is 0. The molecule has 0 radical (unpaired) electrons. The number of terminal acetylenes is 1. The van der Waals surface area contributed by atoms with Gasteiger partial charge in [0.15, 0.2) is 0 Å². The van der Waals surface area contributed by atoms with Gasteiger partial charge in [0, 0.05) is 13.1 Å². The van der Waals surface area contributed by atoms with Crippen LogP contribution in [-0.4, -0.2) is 24.4 Å². The van der Waals surface area contributed by atoms with Gasteiger partial charge in [-0.25, -0.2) is 0 Å². The van der Waals surface area contributed by atoms with E-state index in [0.717, 1.165) is 0 Å². The van der Waals surface area contributed by atoms with Crippen molar-refractivity contribution in [2.24, 2.45) is 0 Å². The highest BCUT2D eigenvalue weighted by Gasteiger charge is 1.99. The van der Waals surface area contributed by atoms with Crippen LogP contribution in [0.5, 0.6) is 0 Å². The summed E-state index contributed by atoms with van der Waals surface area (Å²) in [5, 5.41) is 0. The molecule has 0 rings (SSSR count). The standard InChI is InChI=1S/C10H13NO/c1-4-6-7-8-10(12)11(3)9-5-2/h2,4,6-8H,9H2,1,3H3/b6-4+,8-7?. The minimum atomic E-state index is -0.0777. The fourth-order valence-electron chi connectivity index (χ4n) is 0.591. The van der Waals surface area contributed by atoms with Gasteiger partial charge >= 0.3 is 0 Å². The molecule has 0 aliphatic rings. The highest BCUT2D eigenvalue weighted by atomic mass is 16.2. The second-order valence-corrected chi connectivity index (χ2v) is 2.28. The van der Waals surface area contributed by atoms with Crippen molar-refractivity contribution in [3.63, 3.8) is 0 Å². The Labute approximate surface area is 73.6 Å². The molecule has 0 aromatic heterocycles. The minimum Gasteiger partial charge on any atom is -0.331 e. The van der Waals surface area contributed by atoms with E-state index in [0.29, 0.717) is 6.54 Å². The van der Waals surface area contributed by atoms with Crippen molar-refractivity contribution in [3.05, 3.63) is 24.3 Å². The molecular weight excluding hydrogens is 150 g/mol. The van der Waals surface area contributed by atoms with Crippen LogP contribution in [0.15, 0.2) is 24.3 Å². The monoisotopic (exact) mass is 163 g/mol. The van der Waals surface area contributed by atoms with Crippen molar-refractivity contribution in [1.82, 2.24) is 4.90 Å². The molecule has 64 valence electrons. The summed E-state index contributed by atoms with van der Waals surface area (Å²) in [6.45, 7) is 2.24. The first-order chi connectivity index (χ1) is 5.72. The van der Waals surface area contributed by atoms with Crippen LogP contribution < -0.4 is 0 Å². The normalized spacial score (nSPS) is 10.4. The maximum absolute atomic E-state index is 11.1. The highest BCUT2D eigenvalue weighted by molar-refractivity contribution is 5.87. The van der Waals surface area contributed by atoms with Gasteiger partial charge in [-0.15, -0.1) is 6.42 Å². The summed E-state index contributed by atoms with van der Waals surface area (Å²) in [4.78, 5) is 12.6. The van der Waals surface area contributed by atoms with E-state index in [9.17, 15) is 4.79 Å². The number of hydrogen-bond donors (Lipinski definition) is 0. The molecule has 0 aliphatic heterocycles. The third-order valence-electron chi connectivity index (χ3n) is 1.25. The van der Waals surface area contributed by atoms with E-state index in [-0.39, 0.29) is 5.91 Å². The quantitative estimate of drug-likeness (QED) is 0.348. The fourth-order valence-corrected chi connectivity index (χ4v) is 0.591. The van der Waals surface area contributed by atoms with E-state index in [2.05, 4.69) is 5.92 Å². The van der Waals surface area contributed by atoms with Crippen LogP contribution in [0.4, 0.5) is 0 Å². The van der Waals surface area contributed by atoms with Crippen LogP contribution in [0.25, 0.3) is 0 Å². The Morgan fingerprint density at radius 3 is 2.75 bits per heavy atom. The van der Waals surface area contributed by atoms with E-state index in [1.165, 1.54) is 11.0 Å². The van der Waals surface area contributed by atoms with E-state index < -0.39 is 0 Å². The molecule has 0 N–H and O–H groups in total. The van der Waals surface area contributed by atoms with Crippen LogP contribution in [0.2, 0.25) is 0 Å². The molecule has 0 unspecified atom stereocenters. The molecule has 1 amide bonds. The highest BCUT2D eigenvalue weighted by Crippen LogP contribution is 1.86. The molecule has 0 saturated heterocycles. The molecule has 0 fully saturated rings. The van der Waals surface area contributed by atoms with E-state index in [4.69, 9.17) is 6.42 Å². The largest absolute Gasteiger partial charge is 0.331 e. The zero-order valence-corrected chi connectivity index (χ0v) is 7.45. The maximum atomic E-state index is 11.1. The van der Waals surface area contributed by atoms with Gasteiger partial charge in [-0.2, -0.15) is 0 Å². The summed E-state index contributed by atoms with van der Waals surface area (Å²) in [5.74, 6) is 2.31. The number of amides is 1. The van der Waals surface area contributed by atoms with Crippen LogP contribution in [0.1, 0.15) is 6.92 Å². The van der Waals surface area contributed by atoms with E-state index >= 15 is 0 Å². The summed E-state index contributed by atoms with van der Waals surface area (Å²) < 4.78 is 0. The number of hydrogen-bond acceptors (Lipinski definition) is 1. The lowest BCUT2D eigenvalue weighted by atomic mass is 10.4. The first-order valence-electron chi connectivity index (χ1n) is 3.70. The third-order valence-corrected chi connectivity index (χ3v) is 1.25. The number of likely N-dealkylation sites (N-methyl/N-ethyl adjacent to an activating group) is 1. The molecule has 0 aromatic carbocycles. The van der Waals surface area contributed by atoms with Gasteiger partial charge < -0.3 is 4.90 Å². The molecule has 2 nitrogen and oxygen atoms in total. The molecule has 2 heteroatoms. The lowest BCUT2D eigenvalue weighted by Crippen LogP contribution is -2.24. The van der Waals surface area contributed by atoms with E-state index in [1.54, 1.807) is 19.2 Å². The predicted molar refractivity (Wildman–Crippen MR) is 50.4 cm³/mol. The average molecular weight is 163 g/mol. The summed E-state index contributed by atoms with van der Waals surface area (Å²) in [6.07, 6.45) is 11.9. The number of carbonyl (C=O) groups is 1. The topological polar surface area (TPSA) is 20.3 Å². The minimum absolute atomic E-state index is 0.0777. The Morgan fingerprint density at radius 1 is 1.58 bits per heavy atom. The number of carbonyl (C=O) groups excluding carboxylic acids is 1. The SMILES string of the molecule is C#CCN(C)C(=O)C=C/C=C/C. The summed E-state index contributed by atoms with van der Waals surface area (Å²) in [6, 6.07) is 0. The van der Waals surface area contributed by atoms with Gasteiger partial charge in [-0.05, 0) is 6.92 Å². The lowest BCUT2D eigenvalue weighted by Gasteiger charge is -2.09. The van der Waals surface area contributed by atoms with Gasteiger partial charge in [0.2, 0.25) is 5.91 Å². The zero-order valence-electron chi connectivity index (χ0n) is 7.45. The van der Waals surface area contributed by atoms with Crippen molar-refractivity contribution in [2.75, 3.05) is 13.6 Å².